The summed E-state index contributed by atoms with van der Waals surface area (Å²) < 4.78 is 0. The first kappa shape index (κ1) is 9.26. The van der Waals surface area contributed by atoms with Crippen LogP contribution in [0.15, 0.2) is 24.3 Å². The van der Waals surface area contributed by atoms with E-state index in [1.807, 2.05) is 0 Å². The average molecular weight is 201 g/mol. The summed E-state index contributed by atoms with van der Waals surface area (Å²) in [6.45, 7) is 2.41. The van der Waals surface area contributed by atoms with Gasteiger partial charge in [-0.05, 0) is 42.7 Å². The Hall–Kier alpha value is -0.980. The Morgan fingerprint density at radius 3 is 2.67 bits per heavy atom. The van der Waals surface area contributed by atoms with E-state index < -0.39 is 0 Å². The van der Waals surface area contributed by atoms with Crippen LogP contribution in [0.4, 0.5) is 5.69 Å². The van der Waals surface area contributed by atoms with E-state index in [1.54, 1.807) is 0 Å². The largest absolute Gasteiger partial charge is 0.371 e. The first-order valence-electron chi connectivity index (χ1n) is 6.08. The van der Waals surface area contributed by atoms with Gasteiger partial charge in [0.25, 0.3) is 0 Å². The fourth-order valence-electron chi connectivity index (χ4n) is 3.26. The fraction of sp³-hybridized carbons (Fsp3) is 0.571. The van der Waals surface area contributed by atoms with E-state index in [0.29, 0.717) is 0 Å². The van der Waals surface area contributed by atoms with Crippen LogP contribution in [-0.4, -0.2) is 13.1 Å². The van der Waals surface area contributed by atoms with E-state index in [4.69, 9.17) is 0 Å². The Balaban J connectivity index is 1.98. The summed E-state index contributed by atoms with van der Waals surface area (Å²) in [5.41, 5.74) is 3.00. The molecule has 0 spiro atoms. The zero-order chi connectivity index (χ0) is 10.4. The highest BCUT2D eigenvalue weighted by Gasteiger charge is 2.40. The summed E-state index contributed by atoms with van der Waals surface area (Å²) in [5, 5.41) is 0. The highest BCUT2D eigenvalue weighted by Crippen LogP contribution is 2.44. The Morgan fingerprint density at radius 2 is 1.93 bits per heavy atom. The molecule has 1 heteroatoms. The van der Waals surface area contributed by atoms with Crippen molar-refractivity contribution in [2.45, 2.75) is 32.2 Å². The van der Waals surface area contributed by atoms with Crippen LogP contribution < -0.4 is 4.90 Å². The van der Waals surface area contributed by atoms with Gasteiger partial charge in [0.05, 0.1) is 0 Å². The van der Waals surface area contributed by atoms with Crippen molar-refractivity contribution >= 4 is 5.69 Å². The van der Waals surface area contributed by atoms with Crippen molar-refractivity contribution in [3.63, 3.8) is 0 Å². The Labute approximate surface area is 92.1 Å². The summed E-state index contributed by atoms with van der Waals surface area (Å²) >= 11 is 0. The molecule has 0 amide bonds. The molecule has 1 aliphatic heterocycles. The van der Waals surface area contributed by atoms with Gasteiger partial charge in [-0.15, -0.1) is 0 Å². The van der Waals surface area contributed by atoms with Gasteiger partial charge in [-0.3, -0.25) is 0 Å². The van der Waals surface area contributed by atoms with Crippen LogP contribution in [-0.2, 0) is 6.42 Å². The van der Waals surface area contributed by atoms with Gasteiger partial charge < -0.3 is 4.90 Å². The predicted molar refractivity (Wildman–Crippen MR) is 64.2 cm³/mol. The summed E-state index contributed by atoms with van der Waals surface area (Å²) in [5.74, 6) is 1.79. The third-order valence-corrected chi connectivity index (χ3v) is 4.05. The molecule has 0 saturated heterocycles. The minimum atomic E-state index is 0.792. The highest BCUT2D eigenvalue weighted by molar-refractivity contribution is 5.56. The fourth-order valence-corrected chi connectivity index (χ4v) is 3.26. The zero-order valence-electron chi connectivity index (χ0n) is 9.61. The van der Waals surface area contributed by atoms with Crippen LogP contribution in [0.1, 0.15) is 25.3 Å². The Bertz CT molecular complexity index is 367. The SMILES string of the molecule is C[C@@H]1Cc2ccccc2N(C)[C@H]1C1CC1. The second kappa shape index (κ2) is 3.26. The number of hydrogen-bond acceptors (Lipinski definition) is 1. The molecule has 0 aromatic heterocycles. The molecular formula is C14H19N. The van der Waals surface area contributed by atoms with Gasteiger partial charge in [-0.2, -0.15) is 0 Å². The predicted octanol–water partition coefficient (Wildman–Crippen LogP) is 3.09. The van der Waals surface area contributed by atoms with Crippen molar-refractivity contribution in [1.82, 2.24) is 0 Å². The zero-order valence-corrected chi connectivity index (χ0v) is 9.61. The first-order valence-corrected chi connectivity index (χ1v) is 6.08. The molecule has 15 heavy (non-hydrogen) atoms. The summed E-state index contributed by atoms with van der Waals surface area (Å²) in [6.07, 6.45) is 4.16. The van der Waals surface area contributed by atoms with Crippen molar-refractivity contribution in [2.75, 3.05) is 11.9 Å². The number of anilines is 1. The van der Waals surface area contributed by atoms with Crippen molar-refractivity contribution in [2.24, 2.45) is 11.8 Å². The molecule has 1 aliphatic carbocycles. The molecular weight excluding hydrogens is 182 g/mol. The number of fused-ring (bicyclic) bond motifs is 1. The lowest BCUT2D eigenvalue weighted by atomic mass is 9.85. The maximum atomic E-state index is 2.53. The third-order valence-electron chi connectivity index (χ3n) is 4.05. The highest BCUT2D eigenvalue weighted by atomic mass is 15.2. The van der Waals surface area contributed by atoms with Crippen LogP contribution >= 0.6 is 0 Å². The van der Waals surface area contributed by atoms with E-state index >= 15 is 0 Å². The van der Waals surface area contributed by atoms with Crippen molar-refractivity contribution in [3.05, 3.63) is 29.8 Å². The summed E-state index contributed by atoms with van der Waals surface area (Å²) in [4.78, 5) is 2.53. The maximum absolute atomic E-state index is 2.53. The van der Waals surface area contributed by atoms with Crippen LogP contribution in [0.3, 0.4) is 0 Å². The lowest BCUT2D eigenvalue weighted by Crippen LogP contribution is -2.43. The quantitative estimate of drug-likeness (QED) is 0.675. The average Bonchev–Trinajstić information content (AvgIpc) is 3.02. The van der Waals surface area contributed by atoms with Gasteiger partial charge >= 0.3 is 0 Å². The van der Waals surface area contributed by atoms with Gasteiger partial charge in [0.15, 0.2) is 0 Å². The number of rotatable bonds is 1. The Kier molecular flexibility index (Phi) is 2.01. The van der Waals surface area contributed by atoms with Gasteiger partial charge in [0.1, 0.15) is 0 Å². The molecule has 1 fully saturated rings. The molecule has 80 valence electrons. The molecule has 0 radical (unpaired) electrons. The minimum Gasteiger partial charge on any atom is -0.371 e. The molecule has 0 unspecified atom stereocenters. The lowest BCUT2D eigenvalue weighted by molar-refractivity contribution is 0.381. The molecule has 1 heterocycles. The molecule has 0 N–H and O–H groups in total. The molecule has 3 rings (SSSR count). The maximum Gasteiger partial charge on any atom is 0.0398 e. The minimum absolute atomic E-state index is 0.792. The van der Waals surface area contributed by atoms with Crippen LogP contribution in [0.5, 0.6) is 0 Å². The third kappa shape index (κ3) is 1.45. The van der Waals surface area contributed by atoms with Crippen molar-refractivity contribution < 1.29 is 0 Å². The van der Waals surface area contributed by atoms with Crippen LogP contribution in [0.25, 0.3) is 0 Å². The molecule has 1 aromatic rings. The van der Waals surface area contributed by atoms with Crippen LogP contribution in [0, 0.1) is 11.8 Å². The normalized spacial score (nSPS) is 30.1. The van der Waals surface area contributed by atoms with Crippen molar-refractivity contribution in [1.29, 1.82) is 0 Å². The second-order valence-electron chi connectivity index (χ2n) is 5.25. The second-order valence-corrected chi connectivity index (χ2v) is 5.25. The standard InChI is InChI=1S/C14H19N/c1-10-9-12-5-3-4-6-13(12)15(2)14(10)11-7-8-11/h3-6,10-11,14H,7-9H2,1-2H3/t10-,14-/m1/s1. The number of nitrogens with zero attached hydrogens (tertiary/aromatic N) is 1. The number of hydrogen-bond donors (Lipinski definition) is 0. The summed E-state index contributed by atoms with van der Waals surface area (Å²) in [6, 6.07) is 9.67. The van der Waals surface area contributed by atoms with E-state index in [2.05, 4.69) is 43.1 Å². The number of para-hydroxylation sites is 1. The smallest absolute Gasteiger partial charge is 0.0398 e. The van der Waals surface area contributed by atoms with Gasteiger partial charge in [-0.1, -0.05) is 25.1 Å². The molecule has 0 bridgehead atoms. The van der Waals surface area contributed by atoms with E-state index in [1.165, 1.54) is 30.5 Å². The monoisotopic (exact) mass is 201 g/mol. The van der Waals surface area contributed by atoms with E-state index in [-0.39, 0.29) is 0 Å². The topological polar surface area (TPSA) is 3.24 Å². The van der Waals surface area contributed by atoms with Gasteiger partial charge in [0.2, 0.25) is 0 Å². The molecule has 1 aromatic carbocycles. The summed E-state index contributed by atoms with van der Waals surface area (Å²) in [7, 11) is 2.28. The van der Waals surface area contributed by atoms with E-state index in [0.717, 1.165) is 17.9 Å². The van der Waals surface area contributed by atoms with Gasteiger partial charge in [-0.25, -0.2) is 0 Å². The molecule has 1 nitrogen and oxygen atoms in total. The molecule has 2 aliphatic rings. The number of benzene rings is 1. The van der Waals surface area contributed by atoms with Gasteiger partial charge in [0, 0.05) is 18.8 Å². The van der Waals surface area contributed by atoms with Crippen molar-refractivity contribution in [3.8, 4) is 0 Å². The first-order chi connectivity index (χ1) is 7.27. The molecule has 1 saturated carbocycles. The lowest BCUT2D eigenvalue weighted by Gasteiger charge is -2.40. The van der Waals surface area contributed by atoms with Crippen LogP contribution in [0.2, 0.25) is 0 Å². The molecule has 2 atom stereocenters. The Morgan fingerprint density at radius 1 is 1.20 bits per heavy atom. The van der Waals surface area contributed by atoms with E-state index in [9.17, 15) is 0 Å².